The first-order valence-corrected chi connectivity index (χ1v) is 5.65. The minimum atomic E-state index is 0.0490. The maximum atomic E-state index is 12.2. The van der Waals surface area contributed by atoms with Crippen LogP contribution in [0.3, 0.4) is 0 Å². The lowest BCUT2D eigenvalue weighted by Crippen LogP contribution is -2.42. The number of rotatable bonds is 2. The van der Waals surface area contributed by atoms with E-state index in [4.69, 9.17) is 5.73 Å². The van der Waals surface area contributed by atoms with Gasteiger partial charge in [0.1, 0.15) is 0 Å². The number of pyridine rings is 1. The van der Waals surface area contributed by atoms with Crippen LogP contribution in [-0.2, 0) is 0 Å². The summed E-state index contributed by atoms with van der Waals surface area (Å²) < 4.78 is 0. The Hall–Kier alpha value is -1.42. The maximum Gasteiger partial charge on any atom is 0.255 e. The quantitative estimate of drug-likeness (QED) is 0.803. The molecule has 1 amide bonds. The van der Waals surface area contributed by atoms with Gasteiger partial charge in [-0.15, -0.1) is 0 Å². The molecule has 2 rings (SSSR count). The summed E-state index contributed by atoms with van der Waals surface area (Å²) in [4.78, 5) is 18.0. The lowest BCUT2D eigenvalue weighted by molar-refractivity contribution is 0.0727. The molecule has 0 saturated carbocycles. The highest BCUT2D eigenvalue weighted by Crippen LogP contribution is 2.24. The first-order chi connectivity index (χ1) is 7.74. The van der Waals surface area contributed by atoms with E-state index in [9.17, 15) is 4.79 Å². The average Bonchev–Trinajstić information content (AvgIpc) is 2.70. The van der Waals surface area contributed by atoms with Crippen molar-refractivity contribution < 1.29 is 4.79 Å². The van der Waals surface area contributed by atoms with Gasteiger partial charge >= 0.3 is 0 Å². The van der Waals surface area contributed by atoms with E-state index in [0.717, 1.165) is 13.0 Å². The van der Waals surface area contributed by atoms with Crippen LogP contribution in [0.25, 0.3) is 0 Å². The molecule has 2 unspecified atom stereocenters. The van der Waals surface area contributed by atoms with Gasteiger partial charge in [-0.3, -0.25) is 9.78 Å². The smallest absolute Gasteiger partial charge is 0.255 e. The number of amides is 1. The van der Waals surface area contributed by atoms with Crippen molar-refractivity contribution in [3.05, 3.63) is 30.1 Å². The first-order valence-electron chi connectivity index (χ1n) is 5.65. The monoisotopic (exact) mass is 219 g/mol. The second-order valence-electron chi connectivity index (χ2n) is 4.31. The fourth-order valence-electron chi connectivity index (χ4n) is 2.27. The van der Waals surface area contributed by atoms with E-state index in [1.165, 1.54) is 0 Å². The number of carbonyl (C=O) groups excluding carboxylic acids is 1. The molecule has 4 heteroatoms. The van der Waals surface area contributed by atoms with Crippen molar-refractivity contribution >= 4 is 5.91 Å². The molecule has 0 aromatic carbocycles. The standard InChI is InChI=1S/C12H17N3O/c1-9-4-6-15(11(9)7-13)12(16)10-3-2-5-14-8-10/h2-3,5,8-9,11H,4,6-7,13H2,1H3. The fraction of sp³-hybridized carbons (Fsp3) is 0.500. The van der Waals surface area contributed by atoms with Crippen molar-refractivity contribution in [2.45, 2.75) is 19.4 Å². The highest BCUT2D eigenvalue weighted by Gasteiger charge is 2.33. The molecule has 1 aromatic rings. The SMILES string of the molecule is CC1CCN(C(=O)c2cccnc2)C1CN. The van der Waals surface area contributed by atoms with Crippen LogP contribution in [0.4, 0.5) is 0 Å². The van der Waals surface area contributed by atoms with E-state index in [2.05, 4.69) is 11.9 Å². The minimum absolute atomic E-state index is 0.0490. The van der Waals surface area contributed by atoms with Gasteiger partial charge in [0, 0.05) is 31.5 Å². The van der Waals surface area contributed by atoms with Crippen molar-refractivity contribution in [3.63, 3.8) is 0 Å². The molecule has 1 fully saturated rings. The van der Waals surface area contributed by atoms with E-state index in [-0.39, 0.29) is 11.9 Å². The van der Waals surface area contributed by atoms with Crippen molar-refractivity contribution in [2.75, 3.05) is 13.1 Å². The number of aromatic nitrogens is 1. The Kier molecular flexibility index (Phi) is 3.19. The van der Waals surface area contributed by atoms with Crippen LogP contribution in [0.1, 0.15) is 23.7 Å². The van der Waals surface area contributed by atoms with Gasteiger partial charge in [-0.2, -0.15) is 0 Å². The number of hydrogen-bond donors (Lipinski definition) is 1. The topological polar surface area (TPSA) is 59.2 Å². The molecule has 2 N–H and O–H groups in total. The third-order valence-corrected chi connectivity index (χ3v) is 3.29. The first kappa shape index (κ1) is 11.1. The molecular weight excluding hydrogens is 202 g/mol. The maximum absolute atomic E-state index is 12.2. The zero-order chi connectivity index (χ0) is 11.5. The lowest BCUT2D eigenvalue weighted by atomic mass is 10.0. The second-order valence-corrected chi connectivity index (χ2v) is 4.31. The molecular formula is C12H17N3O. The Morgan fingerprint density at radius 1 is 1.69 bits per heavy atom. The molecule has 4 nitrogen and oxygen atoms in total. The molecule has 2 atom stereocenters. The van der Waals surface area contributed by atoms with Crippen molar-refractivity contribution in [3.8, 4) is 0 Å². The van der Waals surface area contributed by atoms with Crippen molar-refractivity contribution in [2.24, 2.45) is 11.7 Å². The van der Waals surface area contributed by atoms with E-state index < -0.39 is 0 Å². The molecule has 0 bridgehead atoms. The largest absolute Gasteiger partial charge is 0.334 e. The summed E-state index contributed by atoms with van der Waals surface area (Å²) in [7, 11) is 0. The van der Waals surface area contributed by atoms with E-state index in [0.29, 0.717) is 18.0 Å². The predicted molar refractivity (Wildman–Crippen MR) is 61.9 cm³/mol. The summed E-state index contributed by atoms with van der Waals surface area (Å²) in [6.07, 6.45) is 4.32. The van der Waals surface area contributed by atoms with Gasteiger partial charge in [0.15, 0.2) is 0 Å². The van der Waals surface area contributed by atoms with Gasteiger partial charge in [0.25, 0.3) is 5.91 Å². The van der Waals surface area contributed by atoms with Crippen molar-refractivity contribution in [1.29, 1.82) is 0 Å². The zero-order valence-corrected chi connectivity index (χ0v) is 9.47. The van der Waals surface area contributed by atoms with Gasteiger partial charge in [0.05, 0.1) is 5.56 Å². The third kappa shape index (κ3) is 1.93. The van der Waals surface area contributed by atoms with E-state index in [1.54, 1.807) is 24.5 Å². The molecule has 1 aromatic heterocycles. The van der Waals surface area contributed by atoms with Crippen LogP contribution in [0.15, 0.2) is 24.5 Å². The van der Waals surface area contributed by atoms with Crippen LogP contribution in [0, 0.1) is 5.92 Å². The molecule has 0 aliphatic carbocycles. The minimum Gasteiger partial charge on any atom is -0.334 e. The average molecular weight is 219 g/mol. The Labute approximate surface area is 95.5 Å². The summed E-state index contributed by atoms with van der Waals surface area (Å²) in [5.41, 5.74) is 6.37. The Morgan fingerprint density at radius 2 is 2.50 bits per heavy atom. The Morgan fingerprint density at radius 3 is 3.12 bits per heavy atom. The molecule has 0 radical (unpaired) electrons. The fourth-order valence-corrected chi connectivity index (χ4v) is 2.27. The summed E-state index contributed by atoms with van der Waals surface area (Å²) in [5.74, 6) is 0.540. The van der Waals surface area contributed by atoms with Crippen LogP contribution in [0.5, 0.6) is 0 Å². The second kappa shape index (κ2) is 4.61. The zero-order valence-electron chi connectivity index (χ0n) is 9.47. The van der Waals surface area contributed by atoms with Crippen LogP contribution >= 0.6 is 0 Å². The van der Waals surface area contributed by atoms with Gasteiger partial charge < -0.3 is 10.6 Å². The summed E-state index contributed by atoms with van der Waals surface area (Å²) >= 11 is 0. The lowest BCUT2D eigenvalue weighted by Gasteiger charge is -2.25. The number of nitrogens with two attached hydrogens (primary N) is 1. The third-order valence-electron chi connectivity index (χ3n) is 3.29. The molecule has 1 aliphatic rings. The summed E-state index contributed by atoms with van der Waals surface area (Å²) in [6, 6.07) is 3.75. The predicted octanol–water partition coefficient (Wildman–Crippen LogP) is 0.891. The van der Waals surface area contributed by atoms with Gasteiger partial charge in [-0.05, 0) is 24.5 Å². The molecule has 1 saturated heterocycles. The van der Waals surface area contributed by atoms with E-state index >= 15 is 0 Å². The highest BCUT2D eigenvalue weighted by molar-refractivity contribution is 5.94. The molecule has 2 heterocycles. The normalized spacial score (nSPS) is 24.8. The van der Waals surface area contributed by atoms with Crippen LogP contribution < -0.4 is 5.73 Å². The highest BCUT2D eigenvalue weighted by atomic mass is 16.2. The Balaban J connectivity index is 2.17. The molecule has 16 heavy (non-hydrogen) atoms. The van der Waals surface area contributed by atoms with Crippen LogP contribution in [-0.4, -0.2) is 34.9 Å². The van der Waals surface area contributed by atoms with E-state index in [1.807, 2.05) is 4.90 Å². The van der Waals surface area contributed by atoms with Gasteiger partial charge in [-0.1, -0.05) is 6.92 Å². The van der Waals surface area contributed by atoms with Gasteiger partial charge in [-0.25, -0.2) is 0 Å². The Bertz CT molecular complexity index is 366. The number of carbonyl (C=O) groups is 1. The summed E-state index contributed by atoms with van der Waals surface area (Å²) in [6.45, 7) is 3.48. The van der Waals surface area contributed by atoms with Crippen LogP contribution in [0.2, 0.25) is 0 Å². The van der Waals surface area contributed by atoms with Gasteiger partial charge in [0.2, 0.25) is 0 Å². The summed E-state index contributed by atoms with van der Waals surface area (Å²) in [5, 5.41) is 0. The molecule has 0 spiro atoms. The molecule has 1 aliphatic heterocycles. The molecule has 86 valence electrons. The number of hydrogen-bond acceptors (Lipinski definition) is 3. The van der Waals surface area contributed by atoms with Crippen molar-refractivity contribution in [1.82, 2.24) is 9.88 Å². The number of likely N-dealkylation sites (tertiary alicyclic amines) is 1. The number of nitrogens with zero attached hydrogens (tertiary/aromatic N) is 2.